The van der Waals surface area contributed by atoms with Gasteiger partial charge < -0.3 is 5.73 Å². The van der Waals surface area contributed by atoms with Crippen molar-refractivity contribution in [2.24, 2.45) is 29.4 Å². The van der Waals surface area contributed by atoms with Crippen LogP contribution >= 0.6 is 0 Å². The molecule has 0 heterocycles. The molecule has 2 heteroatoms. The number of nitrogens with two attached hydrogens (primary N) is 1. The summed E-state index contributed by atoms with van der Waals surface area (Å²) in [5.41, 5.74) is 8.91. The highest BCUT2D eigenvalue weighted by Crippen LogP contribution is 2.56. The molecule has 94 valence electrons. The summed E-state index contributed by atoms with van der Waals surface area (Å²) in [6.07, 6.45) is 6.78. The normalized spacial score (nSPS) is 36.2. The van der Waals surface area contributed by atoms with E-state index in [9.17, 15) is 4.79 Å². The average Bonchev–Trinajstić information content (AvgIpc) is 2.97. The van der Waals surface area contributed by atoms with Gasteiger partial charge in [-0.1, -0.05) is 6.07 Å². The molecule has 0 radical (unpaired) electrons. The molecular weight excluding hydrogens is 222 g/mol. The second kappa shape index (κ2) is 3.59. The molecule has 1 amide bonds. The Morgan fingerprint density at radius 2 is 1.72 bits per heavy atom. The van der Waals surface area contributed by atoms with E-state index in [1.54, 1.807) is 0 Å². The van der Waals surface area contributed by atoms with Gasteiger partial charge in [0.2, 0.25) is 5.91 Å². The highest BCUT2D eigenvalue weighted by molar-refractivity contribution is 5.93. The van der Waals surface area contributed by atoms with Crippen molar-refractivity contribution in [3.05, 3.63) is 34.9 Å². The zero-order chi connectivity index (χ0) is 12.3. The van der Waals surface area contributed by atoms with Gasteiger partial charge in [-0.2, -0.15) is 0 Å². The van der Waals surface area contributed by atoms with Gasteiger partial charge in [0.15, 0.2) is 0 Å². The zero-order valence-corrected chi connectivity index (χ0v) is 10.6. The largest absolute Gasteiger partial charge is 0.366 e. The standard InChI is InChI=1S/C16H19NO/c17-16(18)12-4-1-9-7-14-10-2-3-11(5-10)15(14)8-13(9)6-12/h1,4,6,10-11,14-15H,2-3,5,7-8H2,(H2,17,18). The molecule has 3 aliphatic rings. The van der Waals surface area contributed by atoms with E-state index in [2.05, 4.69) is 6.07 Å². The zero-order valence-electron chi connectivity index (χ0n) is 10.6. The van der Waals surface area contributed by atoms with Gasteiger partial charge in [-0.15, -0.1) is 0 Å². The van der Waals surface area contributed by atoms with Crippen LogP contribution in [0.1, 0.15) is 40.7 Å². The topological polar surface area (TPSA) is 43.1 Å². The van der Waals surface area contributed by atoms with E-state index in [1.807, 2.05) is 12.1 Å². The van der Waals surface area contributed by atoms with Crippen molar-refractivity contribution in [1.82, 2.24) is 0 Å². The van der Waals surface area contributed by atoms with Crippen molar-refractivity contribution in [2.45, 2.75) is 32.1 Å². The second-order valence-electron chi connectivity index (χ2n) is 6.42. The Morgan fingerprint density at radius 1 is 1.06 bits per heavy atom. The van der Waals surface area contributed by atoms with Crippen molar-refractivity contribution >= 4 is 5.91 Å². The molecule has 2 nitrogen and oxygen atoms in total. The van der Waals surface area contributed by atoms with E-state index >= 15 is 0 Å². The molecule has 0 spiro atoms. The molecule has 3 aliphatic carbocycles. The maximum Gasteiger partial charge on any atom is 0.248 e. The molecule has 4 rings (SSSR count). The van der Waals surface area contributed by atoms with Gasteiger partial charge >= 0.3 is 0 Å². The lowest BCUT2D eigenvalue weighted by atomic mass is 9.69. The van der Waals surface area contributed by atoms with Gasteiger partial charge in [0, 0.05) is 5.56 Å². The van der Waals surface area contributed by atoms with Crippen LogP contribution in [0.5, 0.6) is 0 Å². The van der Waals surface area contributed by atoms with Gasteiger partial charge in [0.05, 0.1) is 0 Å². The Labute approximate surface area is 108 Å². The number of primary amides is 1. The molecule has 1 aromatic rings. The van der Waals surface area contributed by atoms with Crippen LogP contribution in [-0.4, -0.2) is 5.91 Å². The molecule has 2 bridgehead atoms. The molecule has 2 fully saturated rings. The van der Waals surface area contributed by atoms with Crippen LogP contribution in [0.15, 0.2) is 18.2 Å². The first kappa shape index (κ1) is 10.6. The minimum Gasteiger partial charge on any atom is -0.366 e. The molecule has 2 N–H and O–H groups in total. The molecule has 4 unspecified atom stereocenters. The lowest BCUT2D eigenvalue weighted by molar-refractivity contribution is 0.1000. The van der Waals surface area contributed by atoms with Gasteiger partial charge in [-0.05, 0) is 79.0 Å². The van der Waals surface area contributed by atoms with Gasteiger partial charge in [-0.25, -0.2) is 0 Å². The molecule has 4 atom stereocenters. The number of carbonyl (C=O) groups is 1. The first-order chi connectivity index (χ1) is 8.72. The van der Waals surface area contributed by atoms with Crippen molar-refractivity contribution in [1.29, 1.82) is 0 Å². The summed E-state index contributed by atoms with van der Waals surface area (Å²) in [5, 5.41) is 0. The third kappa shape index (κ3) is 1.38. The number of amides is 1. The molecular formula is C16H19NO. The smallest absolute Gasteiger partial charge is 0.248 e. The van der Waals surface area contributed by atoms with Gasteiger partial charge in [0.1, 0.15) is 0 Å². The second-order valence-corrected chi connectivity index (χ2v) is 6.42. The number of benzene rings is 1. The number of carbonyl (C=O) groups excluding carboxylic acids is 1. The fourth-order valence-corrected chi connectivity index (χ4v) is 4.84. The number of rotatable bonds is 1. The summed E-state index contributed by atoms with van der Waals surface area (Å²) in [7, 11) is 0. The Balaban J connectivity index is 1.71. The van der Waals surface area contributed by atoms with Crippen LogP contribution in [0, 0.1) is 23.7 Å². The van der Waals surface area contributed by atoms with Crippen LogP contribution in [0.3, 0.4) is 0 Å². The van der Waals surface area contributed by atoms with Crippen molar-refractivity contribution in [2.75, 3.05) is 0 Å². The van der Waals surface area contributed by atoms with Gasteiger partial charge in [0.25, 0.3) is 0 Å². The Hall–Kier alpha value is -1.31. The first-order valence-electron chi connectivity index (χ1n) is 7.14. The number of hydrogen-bond acceptors (Lipinski definition) is 1. The van der Waals surface area contributed by atoms with Crippen LogP contribution in [0.2, 0.25) is 0 Å². The summed E-state index contributed by atoms with van der Waals surface area (Å²) in [6, 6.07) is 6.08. The van der Waals surface area contributed by atoms with E-state index in [4.69, 9.17) is 5.73 Å². The first-order valence-corrected chi connectivity index (χ1v) is 7.14. The van der Waals surface area contributed by atoms with E-state index < -0.39 is 0 Å². The summed E-state index contributed by atoms with van der Waals surface area (Å²) < 4.78 is 0. The Bertz CT molecular complexity index is 522. The third-order valence-electron chi connectivity index (χ3n) is 5.68. The van der Waals surface area contributed by atoms with E-state index in [1.165, 1.54) is 43.2 Å². The number of fused-ring (bicyclic) bond motifs is 6. The molecule has 18 heavy (non-hydrogen) atoms. The highest BCUT2D eigenvalue weighted by atomic mass is 16.1. The maximum atomic E-state index is 11.3. The highest BCUT2D eigenvalue weighted by Gasteiger charge is 2.48. The summed E-state index contributed by atoms with van der Waals surface area (Å²) in [5.74, 6) is 3.47. The van der Waals surface area contributed by atoms with Gasteiger partial charge in [-0.3, -0.25) is 4.79 Å². The van der Waals surface area contributed by atoms with Crippen LogP contribution in [-0.2, 0) is 12.8 Å². The summed E-state index contributed by atoms with van der Waals surface area (Å²) in [6.45, 7) is 0. The lowest BCUT2D eigenvalue weighted by Crippen LogP contribution is -2.30. The monoisotopic (exact) mass is 241 g/mol. The van der Waals surface area contributed by atoms with E-state index in [0.29, 0.717) is 5.56 Å². The number of hydrogen-bond donors (Lipinski definition) is 1. The maximum absolute atomic E-state index is 11.3. The fraction of sp³-hybridized carbons (Fsp3) is 0.562. The lowest BCUT2D eigenvalue weighted by Gasteiger charge is -2.36. The van der Waals surface area contributed by atoms with Crippen LogP contribution in [0.4, 0.5) is 0 Å². The SMILES string of the molecule is NC(=O)c1ccc2c(c1)CC1C3CCC(C3)C1C2. The third-order valence-corrected chi connectivity index (χ3v) is 5.68. The van der Waals surface area contributed by atoms with Crippen LogP contribution < -0.4 is 5.73 Å². The van der Waals surface area contributed by atoms with Crippen molar-refractivity contribution < 1.29 is 4.79 Å². The molecule has 2 saturated carbocycles. The van der Waals surface area contributed by atoms with E-state index in [-0.39, 0.29) is 5.91 Å². The molecule has 0 aliphatic heterocycles. The minimum atomic E-state index is -0.298. The quantitative estimate of drug-likeness (QED) is 0.806. The minimum absolute atomic E-state index is 0.298. The Morgan fingerprint density at radius 3 is 2.39 bits per heavy atom. The van der Waals surface area contributed by atoms with E-state index in [0.717, 1.165) is 23.7 Å². The summed E-state index contributed by atoms with van der Waals surface area (Å²) >= 11 is 0. The van der Waals surface area contributed by atoms with Crippen molar-refractivity contribution in [3.63, 3.8) is 0 Å². The summed E-state index contributed by atoms with van der Waals surface area (Å²) in [4.78, 5) is 11.3. The molecule has 0 saturated heterocycles. The predicted octanol–water partition coefficient (Wildman–Crippen LogP) is 2.55. The average molecular weight is 241 g/mol. The Kier molecular flexibility index (Phi) is 2.12. The molecule has 0 aromatic heterocycles. The van der Waals surface area contributed by atoms with Crippen LogP contribution in [0.25, 0.3) is 0 Å². The molecule has 1 aromatic carbocycles. The predicted molar refractivity (Wildman–Crippen MR) is 70.2 cm³/mol. The van der Waals surface area contributed by atoms with Crippen molar-refractivity contribution in [3.8, 4) is 0 Å². The fourth-order valence-electron chi connectivity index (χ4n) is 4.84.